The Labute approximate surface area is 167 Å². The van der Waals surface area contributed by atoms with Gasteiger partial charge in [-0.15, -0.1) is 0 Å². The van der Waals surface area contributed by atoms with Gasteiger partial charge in [0, 0.05) is 25.2 Å². The molecule has 1 N–H and O–H groups in total. The van der Waals surface area contributed by atoms with Crippen molar-refractivity contribution in [3.8, 4) is 11.5 Å². The second-order valence-corrected chi connectivity index (χ2v) is 7.80. The Morgan fingerprint density at radius 3 is 2.68 bits per heavy atom. The van der Waals surface area contributed by atoms with Gasteiger partial charge in [-0.05, 0) is 55.9 Å². The second-order valence-electron chi connectivity index (χ2n) is 7.80. The highest BCUT2D eigenvalue weighted by Crippen LogP contribution is 2.30. The van der Waals surface area contributed by atoms with Crippen LogP contribution in [-0.4, -0.2) is 35.4 Å². The van der Waals surface area contributed by atoms with Crippen LogP contribution >= 0.6 is 0 Å². The Balaban J connectivity index is 1.46. The zero-order valence-corrected chi connectivity index (χ0v) is 17.4. The van der Waals surface area contributed by atoms with Crippen molar-refractivity contribution in [2.75, 3.05) is 19.8 Å². The molecule has 28 heavy (non-hydrogen) atoms. The average Bonchev–Trinajstić information content (AvgIpc) is 2.92. The van der Waals surface area contributed by atoms with Crippen LogP contribution in [0.2, 0.25) is 0 Å². The number of hydrogen-bond acceptors (Lipinski definition) is 4. The standard InChI is InChI=1S/C22H31N3O3/c1-15(2)14-25-17(4)19(16(3)24-25)6-8-22(26)23-10-9-18-5-7-20-21(13-18)28-12-11-27-20/h5,7,13,15H,6,8-12,14H2,1-4H3,(H,23,26). The van der Waals surface area contributed by atoms with E-state index in [0.29, 0.717) is 32.1 Å². The molecule has 152 valence electrons. The van der Waals surface area contributed by atoms with Crippen molar-refractivity contribution in [3.63, 3.8) is 0 Å². The highest BCUT2D eigenvalue weighted by Gasteiger charge is 2.14. The topological polar surface area (TPSA) is 65.4 Å². The van der Waals surface area contributed by atoms with Crippen LogP contribution in [-0.2, 0) is 24.2 Å². The molecule has 0 unspecified atom stereocenters. The number of aromatic nitrogens is 2. The van der Waals surface area contributed by atoms with Gasteiger partial charge in [0.1, 0.15) is 13.2 Å². The Morgan fingerprint density at radius 2 is 1.93 bits per heavy atom. The van der Waals surface area contributed by atoms with Gasteiger partial charge in [0.05, 0.1) is 5.69 Å². The van der Waals surface area contributed by atoms with Gasteiger partial charge in [-0.1, -0.05) is 19.9 Å². The first-order valence-corrected chi connectivity index (χ1v) is 10.1. The van der Waals surface area contributed by atoms with Gasteiger partial charge in [-0.3, -0.25) is 9.48 Å². The molecule has 6 heteroatoms. The van der Waals surface area contributed by atoms with E-state index in [4.69, 9.17) is 9.47 Å². The van der Waals surface area contributed by atoms with E-state index < -0.39 is 0 Å². The van der Waals surface area contributed by atoms with Gasteiger partial charge in [-0.2, -0.15) is 5.10 Å². The molecule has 0 aliphatic carbocycles. The molecule has 3 rings (SSSR count). The monoisotopic (exact) mass is 385 g/mol. The van der Waals surface area contributed by atoms with Crippen LogP contribution < -0.4 is 14.8 Å². The van der Waals surface area contributed by atoms with E-state index in [1.54, 1.807) is 0 Å². The molecule has 1 aromatic heterocycles. The second kappa shape index (κ2) is 9.13. The van der Waals surface area contributed by atoms with Gasteiger partial charge in [0.2, 0.25) is 5.91 Å². The molecule has 0 spiro atoms. The van der Waals surface area contributed by atoms with Crippen LogP contribution in [0.3, 0.4) is 0 Å². The third-order valence-corrected chi connectivity index (χ3v) is 5.01. The minimum atomic E-state index is 0.0768. The number of nitrogens with zero attached hydrogens (tertiary/aromatic N) is 2. The summed E-state index contributed by atoms with van der Waals surface area (Å²) in [6.07, 6.45) is 1.98. The lowest BCUT2D eigenvalue weighted by Crippen LogP contribution is -2.26. The van der Waals surface area contributed by atoms with Gasteiger partial charge >= 0.3 is 0 Å². The molecular formula is C22H31N3O3. The van der Waals surface area contributed by atoms with Crippen molar-refractivity contribution in [2.24, 2.45) is 5.92 Å². The number of nitrogens with one attached hydrogen (secondary N) is 1. The minimum absolute atomic E-state index is 0.0768. The molecule has 1 aromatic carbocycles. The van der Waals surface area contributed by atoms with Crippen LogP contribution in [0, 0.1) is 19.8 Å². The molecular weight excluding hydrogens is 354 g/mol. The number of carbonyl (C=O) groups is 1. The summed E-state index contributed by atoms with van der Waals surface area (Å²) >= 11 is 0. The molecule has 0 atom stereocenters. The highest BCUT2D eigenvalue weighted by atomic mass is 16.6. The zero-order chi connectivity index (χ0) is 20.1. The molecule has 2 heterocycles. The van der Waals surface area contributed by atoms with E-state index in [9.17, 15) is 4.79 Å². The summed E-state index contributed by atoms with van der Waals surface area (Å²) in [7, 11) is 0. The van der Waals surface area contributed by atoms with E-state index in [2.05, 4.69) is 35.9 Å². The molecule has 0 saturated heterocycles. The maximum Gasteiger partial charge on any atom is 0.220 e. The summed E-state index contributed by atoms with van der Waals surface area (Å²) in [5.41, 5.74) is 4.53. The lowest BCUT2D eigenvalue weighted by molar-refractivity contribution is -0.121. The SMILES string of the molecule is Cc1nn(CC(C)C)c(C)c1CCC(=O)NCCc1ccc2c(c1)OCCO2. The van der Waals surface area contributed by atoms with Crippen LogP contribution in [0.25, 0.3) is 0 Å². The number of amides is 1. The van der Waals surface area contributed by atoms with E-state index >= 15 is 0 Å². The molecule has 6 nitrogen and oxygen atoms in total. The van der Waals surface area contributed by atoms with Gasteiger partial charge in [0.25, 0.3) is 0 Å². The van der Waals surface area contributed by atoms with Crippen molar-refractivity contribution in [3.05, 3.63) is 40.7 Å². The van der Waals surface area contributed by atoms with E-state index in [-0.39, 0.29) is 5.91 Å². The lowest BCUT2D eigenvalue weighted by atomic mass is 10.1. The first-order chi connectivity index (χ1) is 13.4. The number of carbonyl (C=O) groups excluding carboxylic acids is 1. The third-order valence-electron chi connectivity index (χ3n) is 5.01. The first-order valence-electron chi connectivity index (χ1n) is 10.1. The summed E-state index contributed by atoms with van der Waals surface area (Å²) < 4.78 is 13.2. The van der Waals surface area contributed by atoms with Crippen molar-refractivity contribution >= 4 is 5.91 Å². The lowest BCUT2D eigenvalue weighted by Gasteiger charge is -2.18. The molecule has 0 radical (unpaired) electrons. The Hall–Kier alpha value is -2.50. The number of ether oxygens (including phenoxy) is 2. The maximum atomic E-state index is 12.3. The Morgan fingerprint density at radius 1 is 1.18 bits per heavy atom. The van der Waals surface area contributed by atoms with Crippen LogP contribution in [0.1, 0.15) is 42.8 Å². The van der Waals surface area contributed by atoms with Crippen molar-refractivity contribution < 1.29 is 14.3 Å². The van der Waals surface area contributed by atoms with E-state index in [0.717, 1.165) is 42.1 Å². The molecule has 1 aliphatic heterocycles. The van der Waals surface area contributed by atoms with Crippen LogP contribution in [0.5, 0.6) is 11.5 Å². The summed E-state index contributed by atoms with van der Waals surface area (Å²) in [5.74, 6) is 2.21. The number of fused-ring (bicyclic) bond motifs is 1. The number of rotatable bonds is 8. The fourth-order valence-electron chi connectivity index (χ4n) is 3.54. The molecule has 0 saturated carbocycles. The molecule has 2 aromatic rings. The fraction of sp³-hybridized carbons (Fsp3) is 0.545. The molecule has 1 amide bonds. The molecule has 0 fully saturated rings. The molecule has 1 aliphatic rings. The van der Waals surface area contributed by atoms with Crippen molar-refractivity contribution in [2.45, 2.75) is 53.5 Å². The minimum Gasteiger partial charge on any atom is -0.486 e. The quantitative estimate of drug-likeness (QED) is 0.758. The van der Waals surface area contributed by atoms with Crippen molar-refractivity contribution in [1.82, 2.24) is 15.1 Å². The van der Waals surface area contributed by atoms with Gasteiger partial charge in [-0.25, -0.2) is 0 Å². The Kier molecular flexibility index (Phi) is 6.60. The number of hydrogen-bond donors (Lipinski definition) is 1. The largest absolute Gasteiger partial charge is 0.486 e. The first kappa shape index (κ1) is 20.2. The van der Waals surface area contributed by atoms with Crippen molar-refractivity contribution in [1.29, 1.82) is 0 Å². The third kappa shape index (κ3) is 5.06. The van der Waals surface area contributed by atoms with Gasteiger partial charge < -0.3 is 14.8 Å². The maximum absolute atomic E-state index is 12.3. The van der Waals surface area contributed by atoms with E-state index in [1.165, 1.54) is 11.3 Å². The summed E-state index contributed by atoms with van der Waals surface area (Å²) in [4.78, 5) is 12.3. The normalized spacial score (nSPS) is 13.0. The van der Waals surface area contributed by atoms with E-state index in [1.807, 2.05) is 25.1 Å². The fourth-order valence-corrected chi connectivity index (χ4v) is 3.54. The number of aryl methyl sites for hydroxylation is 1. The van der Waals surface area contributed by atoms with Crippen LogP contribution in [0.4, 0.5) is 0 Å². The average molecular weight is 386 g/mol. The predicted octanol–water partition coefficient (Wildman–Crippen LogP) is 3.22. The summed E-state index contributed by atoms with van der Waals surface area (Å²) in [5, 5.41) is 7.65. The number of benzene rings is 1. The highest BCUT2D eigenvalue weighted by molar-refractivity contribution is 5.76. The van der Waals surface area contributed by atoms with Gasteiger partial charge in [0.15, 0.2) is 11.5 Å². The summed E-state index contributed by atoms with van der Waals surface area (Å²) in [6.45, 7) is 11.2. The zero-order valence-electron chi connectivity index (χ0n) is 17.4. The predicted molar refractivity (Wildman–Crippen MR) is 109 cm³/mol. The summed E-state index contributed by atoms with van der Waals surface area (Å²) in [6, 6.07) is 5.96. The smallest absolute Gasteiger partial charge is 0.220 e. The molecule has 0 bridgehead atoms. The van der Waals surface area contributed by atoms with Crippen LogP contribution in [0.15, 0.2) is 18.2 Å². The Bertz CT molecular complexity index is 827.